The van der Waals surface area contributed by atoms with Gasteiger partial charge in [-0.1, -0.05) is 121 Å². The predicted octanol–water partition coefficient (Wildman–Crippen LogP) is 6.80. The van der Waals surface area contributed by atoms with Gasteiger partial charge in [-0.25, -0.2) is 4.79 Å². The van der Waals surface area contributed by atoms with Crippen LogP contribution in [0.5, 0.6) is 0 Å². The van der Waals surface area contributed by atoms with Crippen molar-refractivity contribution in [3.05, 3.63) is 144 Å². The van der Waals surface area contributed by atoms with E-state index in [-0.39, 0.29) is 19.8 Å². The second-order valence-electron chi connectivity index (χ2n) is 13.1. The molecule has 6 rings (SSSR count). The average Bonchev–Trinajstić information content (AvgIpc) is 3.82. The van der Waals surface area contributed by atoms with E-state index >= 15 is 0 Å². The lowest BCUT2D eigenvalue weighted by atomic mass is 9.92. The van der Waals surface area contributed by atoms with Crippen molar-refractivity contribution in [1.29, 1.82) is 0 Å². The molecule has 6 atom stereocenters. The van der Waals surface area contributed by atoms with Crippen molar-refractivity contribution in [2.75, 3.05) is 6.61 Å². The Labute approximate surface area is 282 Å². The highest BCUT2D eigenvalue weighted by atomic mass is 16.8. The summed E-state index contributed by atoms with van der Waals surface area (Å²) in [5, 5.41) is 0. The zero-order valence-electron chi connectivity index (χ0n) is 27.7. The zero-order chi connectivity index (χ0) is 33.4. The third-order valence-corrected chi connectivity index (χ3v) is 8.19. The highest BCUT2D eigenvalue weighted by molar-refractivity contribution is 5.79. The minimum Gasteiger partial charge on any atom is -0.458 e. The van der Waals surface area contributed by atoms with Gasteiger partial charge in [0.1, 0.15) is 30.0 Å². The molecule has 0 saturated carbocycles. The summed E-state index contributed by atoms with van der Waals surface area (Å²) >= 11 is 0. The van der Waals surface area contributed by atoms with Gasteiger partial charge in [-0.3, -0.25) is 0 Å². The molecule has 1 spiro atoms. The van der Waals surface area contributed by atoms with Gasteiger partial charge in [0.15, 0.2) is 0 Å². The Bertz CT molecular complexity index is 1560. The monoisotopic (exact) mass is 652 g/mol. The molecule has 0 aromatic heterocycles. The van der Waals surface area contributed by atoms with E-state index in [1.807, 2.05) is 142 Å². The molecular formula is C40H44O8. The highest BCUT2D eigenvalue weighted by Gasteiger charge is 2.75. The summed E-state index contributed by atoms with van der Waals surface area (Å²) in [6.07, 6.45) is -3.87. The Morgan fingerprint density at radius 1 is 0.604 bits per heavy atom. The van der Waals surface area contributed by atoms with Crippen molar-refractivity contribution in [2.45, 2.75) is 89.1 Å². The molecule has 8 nitrogen and oxygen atoms in total. The van der Waals surface area contributed by atoms with Crippen LogP contribution in [0.4, 0.5) is 0 Å². The second-order valence-corrected chi connectivity index (χ2v) is 13.1. The van der Waals surface area contributed by atoms with Gasteiger partial charge in [0, 0.05) is 0 Å². The first-order valence-corrected chi connectivity index (χ1v) is 16.5. The van der Waals surface area contributed by atoms with Crippen LogP contribution in [-0.4, -0.2) is 54.5 Å². The maximum absolute atomic E-state index is 13.5. The van der Waals surface area contributed by atoms with Gasteiger partial charge < -0.3 is 33.2 Å². The minimum absolute atomic E-state index is 0.164. The average molecular weight is 653 g/mol. The molecule has 0 bridgehead atoms. The lowest BCUT2D eigenvalue weighted by Gasteiger charge is -2.45. The van der Waals surface area contributed by atoms with Crippen molar-refractivity contribution in [3.8, 4) is 0 Å². The van der Waals surface area contributed by atoms with Crippen LogP contribution in [0.1, 0.15) is 43.0 Å². The molecule has 2 fully saturated rings. The summed E-state index contributed by atoms with van der Waals surface area (Å²) in [6.45, 7) is 6.85. The van der Waals surface area contributed by atoms with Crippen LogP contribution < -0.4 is 0 Å². The molecule has 48 heavy (non-hydrogen) atoms. The van der Waals surface area contributed by atoms with Crippen molar-refractivity contribution in [3.63, 3.8) is 0 Å². The van der Waals surface area contributed by atoms with Crippen molar-refractivity contribution in [2.24, 2.45) is 0 Å². The first-order valence-electron chi connectivity index (χ1n) is 16.5. The van der Waals surface area contributed by atoms with E-state index in [9.17, 15) is 4.79 Å². The fourth-order valence-electron chi connectivity index (χ4n) is 5.89. The molecule has 0 aliphatic carbocycles. The first-order chi connectivity index (χ1) is 23.3. The lowest BCUT2D eigenvalue weighted by molar-refractivity contribution is -0.304. The number of esters is 1. The quantitative estimate of drug-likeness (QED) is 0.109. The molecule has 0 amide bonds. The molecule has 0 N–H and O–H groups in total. The third kappa shape index (κ3) is 8.76. The number of benzene rings is 4. The lowest BCUT2D eigenvalue weighted by Crippen LogP contribution is -2.64. The largest absolute Gasteiger partial charge is 0.458 e. The molecule has 4 aromatic rings. The van der Waals surface area contributed by atoms with Gasteiger partial charge in [0.05, 0.1) is 33.0 Å². The normalized spacial score (nSPS) is 25.1. The molecule has 2 aliphatic heterocycles. The first kappa shape index (κ1) is 34.0. The molecule has 0 unspecified atom stereocenters. The number of hydrogen-bond acceptors (Lipinski definition) is 8. The van der Waals surface area contributed by atoms with E-state index in [0.29, 0.717) is 13.2 Å². The summed E-state index contributed by atoms with van der Waals surface area (Å²) in [5.74, 6) is -1.99. The Balaban J connectivity index is 1.34. The van der Waals surface area contributed by atoms with Gasteiger partial charge in [-0.05, 0) is 43.0 Å². The highest BCUT2D eigenvalue weighted by Crippen LogP contribution is 2.51. The summed E-state index contributed by atoms with van der Waals surface area (Å²) in [7, 11) is 0. The number of carbonyl (C=O) groups is 1. The number of carbonyl (C=O) groups excluding carboxylic acids is 1. The van der Waals surface area contributed by atoms with Gasteiger partial charge in [0.2, 0.25) is 11.9 Å². The van der Waals surface area contributed by atoms with Crippen molar-refractivity contribution < 1.29 is 38.0 Å². The van der Waals surface area contributed by atoms with E-state index in [1.54, 1.807) is 0 Å². The number of epoxide rings is 1. The van der Waals surface area contributed by atoms with Gasteiger partial charge >= 0.3 is 5.97 Å². The summed E-state index contributed by atoms with van der Waals surface area (Å²) < 4.78 is 45.1. The van der Waals surface area contributed by atoms with E-state index in [2.05, 4.69) is 0 Å². The fraction of sp³-hybridized carbons (Fsp3) is 0.375. The topological polar surface area (TPSA) is 85.0 Å². The standard InChI is InChI=1S/C40H44O8/c1-39(2,3)48-38(41)37-40(47-37)36(45-27-32-22-14-7-15-23-32)35(44-26-31-20-12-6-13-21-31)34(43-25-30-18-10-5-11-19-30)33(46-40)28-42-24-29-16-8-4-9-17-29/h4-23,33-37H,24-28H2,1-3H3/t33-,34+,35+,36-,37-,40-/m1/s1. The van der Waals surface area contributed by atoms with Crippen LogP contribution in [-0.2, 0) is 64.4 Å². The molecule has 252 valence electrons. The van der Waals surface area contributed by atoms with Crippen LogP contribution in [0, 0.1) is 0 Å². The molecule has 2 saturated heterocycles. The van der Waals surface area contributed by atoms with E-state index in [4.69, 9.17) is 33.2 Å². The van der Waals surface area contributed by atoms with Gasteiger partial charge in [-0.15, -0.1) is 0 Å². The maximum atomic E-state index is 13.5. The van der Waals surface area contributed by atoms with Gasteiger partial charge in [0.25, 0.3) is 0 Å². The molecule has 2 heterocycles. The molecule has 2 aliphatic rings. The number of rotatable bonds is 14. The minimum atomic E-state index is -1.47. The van der Waals surface area contributed by atoms with Crippen LogP contribution in [0.3, 0.4) is 0 Å². The third-order valence-electron chi connectivity index (χ3n) is 8.19. The number of ether oxygens (including phenoxy) is 7. The predicted molar refractivity (Wildman–Crippen MR) is 179 cm³/mol. The summed E-state index contributed by atoms with van der Waals surface area (Å²) in [6, 6.07) is 39.6. The Kier molecular flexibility index (Phi) is 11.0. The van der Waals surface area contributed by atoms with Crippen LogP contribution in [0.25, 0.3) is 0 Å². The van der Waals surface area contributed by atoms with Crippen LogP contribution in [0.2, 0.25) is 0 Å². The maximum Gasteiger partial charge on any atom is 0.341 e. The molecule has 0 radical (unpaired) electrons. The SMILES string of the molecule is CC(C)(C)OC(=O)[C@H]1O[C@@]12O[C@H](COCc1ccccc1)[C@H](OCc1ccccc1)[C@H](OCc1ccccc1)[C@H]2OCc1ccccc1. The molecular weight excluding hydrogens is 608 g/mol. The second kappa shape index (κ2) is 15.6. The van der Waals surface area contributed by atoms with E-state index < -0.39 is 47.9 Å². The van der Waals surface area contributed by atoms with Crippen molar-refractivity contribution in [1.82, 2.24) is 0 Å². The number of hydrogen-bond donors (Lipinski definition) is 0. The fourth-order valence-corrected chi connectivity index (χ4v) is 5.89. The molecule has 8 heteroatoms. The summed E-state index contributed by atoms with van der Waals surface area (Å²) in [4.78, 5) is 13.5. The molecule has 4 aromatic carbocycles. The smallest absolute Gasteiger partial charge is 0.341 e. The zero-order valence-corrected chi connectivity index (χ0v) is 27.7. The van der Waals surface area contributed by atoms with Gasteiger partial charge in [-0.2, -0.15) is 0 Å². The van der Waals surface area contributed by atoms with Crippen LogP contribution in [0.15, 0.2) is 121 Å². The van der Waals surface area contributed by atoms with Crippen LogP contribution >= 0.6 is 0 Å². The van der Waals surface area contributed by atoms with E-state index in [0.717, 1.165) is 22.3 Å². The summed E-state index contributed by atoms with van der Waals surface area (Å²) in [5.41, 5.74) is 3.25. The Hall–Kier alpha value is -3.89. The van der Waals surface area contributed by atoms with E-state index in [1.165, 1.54) is 0 Å². The Morgan fingerprint density at radius 3 is 1.52 bits per heavy atom. The Morgan fingerprint density at radius 2 is 1.04 bits per heavy atom. The van der Waals surface area contributed by atoms with Crippen molar-refractivity contribution >= 4 is 5.97 Å².